The van der Waals surface area contributed by atoms with E-state index in [4.69, 9.17) is 20.9 Å². The molecule has 4 N–H and O–H groups in total. The second-order valence-electron chi connectivity index (χ2n) is 3.44. The van der Waals surface area contributed by atoms with Gasteiger partial charge in [0.25, 0.3) is 0 Å². The molecule has 1 aromatic rings. The van der Waals surface area contributed by atoms with Gasteiger partial charge in [-0.25, -0.2) is 4.79 Å². The molecule has 0 bridgehead atoms. The van der Waals surface area contributed by atoms with Crippen LogP contribution >= 0.6 is 0 Å². The van der Waals surface area contributed by atoms with E-state index in [1.165, 1.54) is 6.21 Å². The van der Waals surface area contributed by atoms with Gasteiger partial charge in [-0.05, 0) is 24.6 Å². The first-order chi connectivity index (χ1) is 9.11. The number of guanidine groups is 1. The summed E-state index contributed by atoms with van der Waals surface area (Å²) in [5, 5.41) is 7.15. The predicted molar refractivity (Wildman–Crippen MR) is 72.0 cm³/mol. The number of carbonyl (C=O) groups is 1. The molecule has 0 amide bonds. The molecule has 0 spiro atoms. The summed E-state index contributed by atoms with van der Waals surface area (Å²) in [6.07, 6.45) is 1.47. The van der Waals surface area contributed by atoms with Crippen molar-refractivity contribution in [3.63, 3.8) is 0 Å². The Bertz CT molecular complexity index is 482. The van der Waals surface area contributed by atoms with Crippen molar-refractivity contribution in [3.8, 4) is 5.75 Å². The third-order valence-electron chi connectivity index (χ3n) is 1.90. The van der Waals surface area contributed by atoms with Gasteiger partial charge in [0.2, 0.25) is 5.96 Å². The van der Waals surface area contributed by atoms with E-state index < -0.39 is 5.97 Å². The molecular formula is C12H16N4O3. The lowest BCUT2D eigenvalue weighted by Crippen LogP contribution is -2.21. The summed E-state index contributed by atoms with van der Waals surface area (Å²) in [7, 11) is 0. The van der Waals surface area contributed by atoms with Crippen LogP contribution in [0.15, 0.2) is 34.5 Å². The monoisotopic (exact) mass is 264 g/mol. The van der Waals surface area contributed by atoms with Gasteiger partial charge in [0.15, 0.2) is 6.61 Å². The molecular weight excluding hydrogens is 248 g/mol. The first-order valence-corrected chi connectivity index (χ1v) is 5.62. The van der Waals surface area contributed by atoms with Crippen LogP contribution in [0.5, 0.6) is 5.75 Å². The Balaban J connectivity index is 2.59. The summed E-state index contributed by atoms with van der Waals surface area (Å²) in [5.74, 6) is -0.00487. The minimum atomic E-state index is -0.415. The summed E-state index contributed by atoms with van der Waals surface area (Å²) in [6.45, 7) is 1.92. The number of hydrogen-bond acceptors (Lipinski definition) is 5. The zero-order valence-corrected chi connectivity index (χ0v) is 10.6. The Hall–Kier alpha value is -2.57. The fourth-order valence-corrected chi connectivity index (χ4v) is 1.19. The van der Waals surface area contributed by atoms with Gasteiger partial charge in [-0.1, -0.05) is 12.1 Å². The highest BCUT2D eigenvalue weighted by atomic mass is 16.6. The number of esters is 1. The van der Waals surface area contributed by atoms with E-state index in [0.717, 1.165) is 5.56 Å². The van der Waals surface area contributed by atoms with Gasteiger partial charge >= 0.3 is 5.97 Å². The molecule has 0 atom stereocenters. The highest BCUT2D eigenvalue weighted by molar-refractivity contribution is 5.82. The third kappa shape index (κ3) is 6.06. The molecule has 1 rings (SSSR count). The van der Waals surface area contributed by atoms with E-state index in [2.05, 4.69) is 10.2 Å². The molecule has 0 aliphatic rings. The second-order valence-corrected chi connectivity index (χ2v) is 3.44. The average Bonchev–Trinajstić information content (AvgIpc) is 2.37. The molecule has 0 fully saturated rings. The Morgan fingerprint density at radius 2 is 2.21 bits per heavy atom. The van der Waals surface area contributed by atoms with Crippen LogP contribution in [0, 0.1) is 0 Å². The lowest BCUT2D eigenvalue weighted by molar-refractivity contribution is -0.145. The van der Waals surface area contributed by atoms with Crippen molar-refractivity contribution >= 4 is 18.1 Å². The van der Waals surface area contributed by atoms with Gasteiger partial charge in [-0.3, -0.25) is 0 Å². The second kappa shape index (κ2) is 7.70. The van der Waals surface area contributed by atoms with Crippen molar-refractivity contribution in [1.29, 1.82) is 0 Å². The van der Waals surface area contributed by atoms with Crippen LogP contribution in [0.1, 0.15) is 12.5 Å². The van der Waals surface area contributed by atoms with Crippen molar-refractivity contribution < 1.29 is 14.3 Å². The number of nitrogens with zero attached hydrogens (tertiary/aromatic N) is 2. The molecule has 7 heteroatoms. The molecule has 0 aliphatic carbocycles. The van der Waals surface area contributed by atoms with E-state index in [0.29, 0.717) is 12.4 Å². The first-order valence-electron chi connectivity index (χ1n) is 5.62. The van der Waals surface area contributed by atoms with Crippen LogP contribution in [0.2, 0.25) is 0 Å². The number of ether oxygens (including phenoxy) is 2. The standard InChI is InChI=1S/C12H16N4O3/c1-2-18-11(17)8-19-10-5-3-4-9(6-10)7-15-16-12(13)14/h3-7H,2,8H2,1H3,(H4,13,14,16)/b15-7-. The fourth-order valence-electron chi connectivity index (χ4n) is 1.19. The van der Waals surface area contributed by atoms with Crippen LogP contribution in [0.4, 0.5) is 0 Å². The third-order valence-corrected chi connectivity index (χ3v) is 1.90. The Labute approximate surface area is 110 Å². The van der Waals surface area contributed by atoms with Crippen molar-refractivity contribution in [1.82, 2.24) is 0 Å². The van der Waals surface area contributed by atoms with Crippen molar-refractivity contribution in [2.24, 2.45) is 21.7 Å². The Morgan fingerprint density at radius 1 is 1.42 bits per heavy atom. The van der Waals surface area contributed by atoms with Crippen LogP contribution in [0.25, 0.3) is 0 Å². The van der Waals surface area contributed by atoms with Crippen LogP contribution < -0.4 is 16.2 Å². The van der Waals surface area contributed by atoms with E-state index in [9.17, 15) is 4.79 Å². The summed E-state index contributed by atoms with van der Waals surface area (Å²) >= 11 is 0. The average molecular weight is 264 g/mol. The van der Waals surface area contributed by atoms with Crippen LogP contribution in [-0.2, 0) is 9.53 Å². The lowest BCUT2D eigenvalue weighted by Gasteiger charge is -2.05. The lowest BCUT2D eigenvalue weighted by atomic mass is 10.2. The van der Waals surface area contributed by atoms with Gasteiger partial charge < -0.3 is 20.9 Å². The number of hydrogen-bond donors (Lipinski definition) is 2. The van der Waals surface area contributed by atoms with E-state index in [1.54, 1.807) is 31.2 Å². The van der Waals surface area contributed by atoms with Crippen molar-refractivity contribution in [2.75, 3.05) is 13.2 Å². The molecule has 1 aromatic carbocycles. The molecule has 102 valence electrons. The summed E-state index contributed by atoms with van der Waals surface area (Å²) < 4.78 is 10.0. The van der Waals surface area contributed by atoms with Gasteiger partial charge in [0, 0.05) is 0 Å². The van der Waals surface area contributed by atoms with E-state index >= 15 is 0 Å². The van der Waals surface area contributed by atoms with Crippen molar-refractivity contribution in [3.05, 3.63) is 29.8 Å². The highest BCUT2D eigenvalue weighted by Crippen LogP contribution is 2.12. The Morgan fingerprint density at radius 3 is 2.89 bits per heavy atom. The van der Waals surface area contributed by atoms with Crippen molar-refractivity contribution in [2.45, 2.75) is 6.92 Å². The maximum absolute atomic E-state index is 11.1. The Kier molecular flexibility index (Phi) is 5.87. The molecule has 0 saturated carbocycles. The molecule has 0 heterocycles. The quantitative estimate of drug-likeness (QED) is 0.330. The van der Waals surface area contributed by atoms with E-state index in [-0.39, 0.29) is 12.6 Å². The molecule has 0 unspecified atom stereocenters. The number of carbonyl (C=O) groups excluding carboxylic acids is 1. The minimum Gasteiger partial charge on any atom is -0.482 e. The number of nitrogens with two attached hydrogens (primary N) is 2. The van der Waals surface area contributed by atoms with Gasteiger partial charge in [0.1, 0.15) is 5.75 Å². The smallest absolute Gasteiger partial charge is 0.344 e. The molecule has 0 saturated heterocycles. The van der Waals surface area contributed by atoms with Crippen LogP contribution in [0.3, 0.4) is 0 Å². The van der Waals surface area contributed by atoms with E-state index in [1.807, 2.05) is 0 Å². The number of benzene rings is 1. The zero-order valence-electron chi connectivity index (χ0n) is 10.6. The topological polar surface area (TPSA) is 112 Å². The fraction of sp³-hybridized carbons (Fsp3) is 0.250. The largest absolute Gasteiger partial charge is 0.482 e. The summed E-state index contributed by atoms with van der Waals surface area (Å²) in [4.78, 5) is 11.1. The molecule has 0 aromatic heterocycles. The van der Waals surface area contributed by atoms with Gasteiger partial charge in [-0.15, -0.1) is 5.10 Å². The molecule has 7 nitrogen and oxygen atoms in total. The maximum atomic E-state index is 11.1. The van der Waals surface area contributed by atoms with Gasteiger partial charge in [-0.2, -0.15) is 5.10 Å². The molecule has 19 heavy (non-hydrogen) atoms. The normalized spacial score (nSPS) is 10.2. The maximum Gasteiger partial charge on any atom is 0.344 e. The summed E-state index contributed by atoms with van der Waals surface area (Å²) in [5.41, 5.74) is 11.0. The number of rotatable bonds is 6. The molecule has 0 radical (unpaired) electrons. The highest BCUT2D eigenvalue weighted by Gasteiger charge is 2.02. The summed E-state index contributed by atoms with van der Waals surface area (Å²) in [6, 6.07) is 6.97. The van der Waals surface area contributed by atoms with Gasteiger partial charge in [0.05, 0.1) is 12.8 Å². The minimum absolute atomic E-state index is 0.119. The molecule has 0 aliphatic heterocycles. The predicted octanol–water partition coefficient (Wildman–Crippen LogP) is 0.236. The van der Waals surface area contributed by atoms with Crippen LogP contribution in [-0.4, -0.2) is 31.4 Å². The SMILES string of the molecule is CCOC(=O)COc1cccc(/C=N\N=C(N)N)c1. The first kappa shape index (κ1) is 14.5. The zero-order chi connectivity index (χ0) is 14.1.